The van der Waals surface area contributed by atoms with Gasteiger partial charge in [0.25, 0.3) is 0 Å². The fourth-order valence-electron chi connectivity index (χ4n) is 2.63. The molecule has 0 fully saturated rings. The maximum Gasteiger partial charge on any atom is 0.196 e. The van der Waals surface area contributed by atoms with Crippen molar-refractivity contribution in [2.24, 2.45) is 10.7 Å². The second-order valence-corrected chi connectivity index (χ2v) is 4.89. The minimum absolute atomic E-state index is 0.0481. The van der Waals surface area contributed by atoms with E-state index in [-0.39, 0.29) is 11.9 Å². The number of halogens is 1. The standard InChI is InChI=1S/C16H16FN3/c1-11-6-2-3-7-12(11)15-10-19-16(18)20(15)14-9-5-4-8-13(14)17/h2-9,15H,10H2,1H3,(H2,18,19). The molecular formula is C16H16FN3. The smallest absolute Gasteiger partial charge is 0.196 e. The minimum atomic E-state index is -0.286. The summed E-state index contributed by atoms with van der Waals surface area (Å²) in [5.41, 5.74) is 8.72. The Balaban J connectivity index is 2.06. The van der Waals surface area contributed by atoms with Crippen molar-refractivity contribution in [1.29, 1.82) is 0 Å². The summed E-state index contributed by atoms with van der Waals surface area (Å²) in [6.07, 6.45) is 0. The number of nitrogens with zero attached hydrogens (tertiary/aromatic N) is 2. The Morgan fingerprint density at radius 3 is 2.60 bits per heavy atom. The van der Waals surface area contributed by atoms with Crippen molar-refractivity contribution in [3.8, 4) is 0 Å². The first-order valence-electron chi connectivity index (χ1n) is 6.57. The third kappa shape index (κ3) is 2.03. The van der Waals surface area contributed by atoms with Crippen LogP contribution in [0.3, 0.4) is 0 Å². The number of para-hydroxylation sites is 1. The molecule has 0 saturated carbocycles. The van der Waals surface area contributed by atoms with Crippen molar-refractivity contribution < 1.29 is 4.39 Å². The third-order valence-electron chi connectivity index (χ3n) is 3.64. The van der Waals surface area contributed by atoms with Crippen LogP contribution in [0.2, 0.25) is 0 Å². The van der Waals surface area contributed by atoms with E-state index in [0.29, 0.717) is 18.2 Å². The number of aliphatic imine (C=N–C) groups is 1. The molecule has 3 nitrogen and oxygen atoms in total. The zero-order valence-corrected chi connectivity index (χ0v) is 11.3. The molecule has 0 aliphatic carbocycles. The zero-order valence-electron chi connectivity index (χ0n) is 11.3. The molecule has 1 unspecified atom stereocenters. The van der Waals surface area contributed by atoms with Crippen molar-refractivity contribution in [3.63, 3.8) is 0 Å². The molecule has 1 atom stereocenters. The van der Waals surface area contributed by atoms with Crippen LogP contribution in [0.5, 0.6) is 0 Å². The molecule has 2 N–H and O–H groups in total. The largest absolute Gasteiger partial charge is 0.369 e. The van der Waals surface area contributed by atoms with Crippen LogP contribution in [0, 0.1) is 12.7 Å². The number of aryl methyl sites for hydroxylation is 1. The average molecular weight is 269 g/mol. The number of rotatable bonds is 2. The second-order valence-electron chi connectivity index (χ2n) is 4.89. The van der Waals surface area contributed by atoms with Gasteiger partial charge in [-0.2, -0.15) is 0 Å². The van der Waals surface area contributed by atoms with Crippen molar-refractivity contribution >= 4 is 11.6 Å². The molecule has 1 aliphatic rings. The summed E-state index contributed by atoms with van der Waals surface area (Å²) in [4.78, 5) is 6.06. The summed E-state index contributed by atoms with van der Waals surface area (Å²) in [5, 5.41) is 0. The number of hydrogen-bond acceptors (Lipinski definition) is 3. The minimum Gasteiger partial charge on any atom is -0.369 e. The predicted octanol–water partition coefficient (Wildman–Crippen LogP) is 3.01. The van der Waals surface area contributed by atoms with E-state index in [4.69, 9.17) is 5.73 Å². The quantitative estimate of drug-likeness (QED) is 0.910. The van der Waals surface area contributed by atoms with Crippen molar-refractivity contribution in [2.75, 3.05) is 11.4 Å². The lowest BCUT2D eigenvalue weighted by molar-refractivity contribution is 0.619. The van der Waals surface area contributed by atoms with Gasteiger partial charge in [-0.25, -0.2) is 4.39 Å². The van der Waals surface area contributed by atoms with Gasteiger partial charge in [-0.3, -0.25) is 4.99 Å². The van der Waals surface area contributed by atoms with Gasteiger partial charge >= 0.3 is 0 Å². The highest BCUT2D eigenvalue weighted by Gasteiger charge is 2.31. The van der Waals surface area contributed by atoms with Crippen LogP contribution in [-0.2, 0) is 0 Å². The number of anilines is 1. The summed E-state index contributed by atoms with van der Waals surface area (Å²) in [6, 6.07) is 14.7. The maximum absolute atomic E-state index is 14.1. The predicted molar refractivity (Wildman–Crippen MR) is 79.3 cm³/mol. The monoisotopic (exact) mass is 269 g/mol. The van der Waals surface area contributed by atoms with Gasteiger partial charge in [0.1, 0.15) is 5.82 Å². The van der Waals surface area contributed by atoms with E-state index in [1.807, 2.05) is 31.2 Å². The lowest BCUT2D eigenvalue weighted by Gasteiger charge is -2.28. The van der Waals surface area contributed by atoms with Crippen LogP contribution in [0.25, 0.3) is 0 Å². The van der Waals surface area contributed by atoms with E-state index in [9.17, 15) is 4.39 Å². The molecule has 0 radical (unpaired) electrons. The Kier molecular flexibility index (Phi) is 3.14. The number of hydrogen-bond donors (Lipinski definition) is 1. The first kappa shape index (κ1) is 12.7. The molecule has 1 heterocycles. The van der Waals surface area contributed by atoms with Crippen LogP contribution < -0.4 is 10.6 Å². The molecule has 1 aliphatic heterocycles. The molecule has 0 saturated heterocycles. The van der Waals surface area contributed by atoms with Gasteiger partial charge in [-0.15, -0.1) is 0 Å². The van der Waals surface area contributed by atoms with Crippen LogP contribution in [0.4, 0.5) is 10.1 Å². The lowest BCUT2D eigenvalue weighted by Crippen LogP contribution is -2.37. The highest BCUT2D eigenvalue weighted by molar-refractivity contribution is 5.97. The van der Waals surface area contributed by atoms with Gasteiger partial charge in [0.2, 0.25) is 0 Å². The van der Waals surface area contributed by atoms with Crippen molar-refractivity contribution in [3.05, 3.63) is 65.5 Å². The zero-order chi connectivity index (χ0) is 14.1. The summed E-state index contributed by atoms with van der Waals surface area (Å²) in [7, 11) is 0. The molecule has 0 amide bonds. The fourth-order valence-corrected chi connectivity index (χ4v) is 2.63. The van der Waals surface area contributed by atoms with Crippen LogP contribution in [-0.4, -0.2) is 12.5 Å². The Hall–Kier alpha value is -2.36. The Morgan fingerprint density at radius 1 is 1.15 bits per heavy atom. The average Bonchev–Trinajstić information content (AvgIpc) is 2.82. The summed E-state index contributed by atoms with van der Waals surface area (Å²) >= 11 is 0. The summed E-state index contributed by atoms with van der Waals surface area (Å²) in [6.45, 7) is 2.59. The first-order chi connectivity index (χ1) is 9.68. The van der Waals surface area contributed by atoms with E-state index in [1.54, 1.807) is 23.1 Å². The molecule has 4 heteroatoms. The van der Waals surface area contributed by atoms with Crippen molar-refractivity contribution in [2.45, 2.75) is 13.0 Å². The second kappa shape index (κ2) is 4.96. The molecule has 0 spiro atoms. The van der Waals surface area contributed by atoms with E-state index in [1.165, 1.54) is 6.07 Å². The van der Waals surface area contributed by atoms with Gasteiger partial charge < -0.3 is 10.6 Å². The van der Waals surface area contributed by atoms with Gasteiger partial charge in [0.05, 0.1) is 18.3 Å². The SMILES string of the molecule is Cc1ccccc1C1CN=C(N)N1c1ccccc1F. The summed E-state index contributed by atoms with van der Waals surface area (Å²) < 4.78 is 14.1. The van der Waals surface area contributed by atoms with E-state index < -0.39 is 0 Å². The topological polar surface area (TPSA) is 41.6 Å². The molecule has 2 aromatic rings. The number of guanidine groups is 1. The lowest BCUT2D eigenvalue weighted by atomic mass is 10.0. The summed E-state index contributed by atoms with van der Waals surface area (Å²) in [5.74, 6) is 0.0782. The normalized spacial score (nSPS) is 18.2. The Bertz CT molecular complexity index is 666. The van der Waals surface area contributed by atoms with Gasteiger partial charge in [-0.05, 0) is 30.2 Å². The molecule has 20 heavy (non-hydrogen) atoms. The van der Waals surface area contributed by atoms with Crippen LogP contribution >= 0.6 is 0 Å². The highest BCUT2D eigenvalue weighted by atomic mass is 19.1. The number of benzene rings is 2. The van der Waals surface area contributed by atoms with Crippen molar-refractivity contribution in [1.82, 2.24) is 0 Å². The molecule has 0 aromatic heterocycles. The van der Waals surface area contributed by atoms with E-state index in [0.717, 1.165) is 11.1 Å². The Morgan fingerprint density at radius 2 is 1.85 bits per heavy atom. The molecular weight excluding hydrogens is 253 g/mol. The number of nitrogens with two attached hydrogens (primary N) is 1. The van der Waals surface area contributed by atoms with Crippen LogP contribution in [0.1, 0.15) is 17.2 Å². The fraction of sp³-hybridized carbons (Fsp3) is 0.188. The molecule has 3 rings (SSSR count). The molecule has 102 valence electrons. The van der Waals surface area contributed by atoms with Crippen LogP contribution in [0.15, 0.2) is 53.5 Å². The third-order valence-corrected chi connectivity index (χ3v) is 3.64. The maximum atomic E-state index is 14.1. The van der Waals surface area contributed by atoms with Gasteiger partial charge in [0.15, 0.2) is 5.96 Å². The van der Waals surface area contributed by atoms with Gasteiger partial charge in [0, 0.05) is 0 Å². The molecule has 2 aromatic carbocycles. The molecule has 0 bridgehead atoms. The first-order valence-corrected chi connectivity index (χ1v) is 6.57. The Labute approximate surface area is 117 Å². The van der Waals surface area contributed by atoms with E-state index in [2.05, 4.69) is 4.99 Å². The highest BCUT2D eigenvalue weighted by Crippen LogP contribution is 2.33. The van der Waals surface area contributed by atoms with Gasteiger partial charge in [-0.1, -0.05) is 36.4 Å². The van der Waals surface area contributed by atoms with E-state index >= 15 is 0 Å².